The molecule has 0 bridgehead atoms. The van der Waals surface area contributed by atoms with E-state index in [0.29, 0.717) is 33.5 Å². The highest BCUT2D eigenvalue weighted by Crippen LogP contribution is 2.37. The lowest BCUT2D eigenvalue weighted by atomic mass is 10.00. The highest BCUT2D eigenvalue weighted by atomic mass is 35.5. The second-order valence-corrected chi connectivity index (χ2v) is 9.19. The summed E-state index contributed by atoms with van der Waals surface area (Å²) in [6.45, 7) is 2.87. The van der Waals surface area contributed by atoms with Gasteiger partial charge in [-0.15, -0.1) is 0 Å². The molecule has 1 unspecified atom stereocenters. The standard InChI is InChI=1S/C22H27Cl2N3O3/c1-25-9-7-15(8-10-25)26(2)20-19(17-6-5-14(23)12-18(17)24)21(28)27(22(20)29)13-16-4-3-11-30-16/h5-6,12,15-16H,3-4,7-11,13H2,1-2H3. The van der Waals surface area contributed by atoms with Crippen LogP contribution in [0.1, 0.15) is 31.2 Å². The molecule has 0 spiro atoms. The third kappa shape index (κ3) is 4.11. The van der Waals surface area contributed by atoms with Crippen LogP contribution in [-0.2, 0) is 14.3 Å². The second-order valence-electron chi connectivity index (χ2n) is 8.35. The molecule has 1 atom stereocenters. The molecule has 3 aliphatic heterocycles. The number of likely N-dealkylation sites (N-methyl/N-ethyl adjacent to an activating group) is 1. The monoisotopic (exact) mass is 451 g/mol. The number of nitrogens with zero attached hydrogens (tertiary/aromatic N) is 3. The van der Waals surface area contributed by atoms with Gasteiger partial charge in [0, 0.05) is 30.3 Å². The van der Waals surface area contributed by atoms with Crippen LogP contribution >= 0.6 is 23.2 Å². The van der Waals surface area contributed by atoms with Crippen molar-refractivity contribution >= 4 is 40.6 Å². The lowest BCUT2D eigenvalue weighted by Crippen LogP contribution is -2.44. The van der Waals surface area contributed by atoms with Crippen molar-refractivity contribution in [1.29, 1.82) is 0 Å². The van der Waals surface area contributed by atoms with E-state index in [1.54, 1.807) is 18.2 Å². The van der Waals surface area contributed by atoms with E-state index in [4.69, 9.17) is 27.9 Å². The zero-order valence-corrected chi connectivity index (χ0v) is 18.9. The maximum absolute atomic E-state index is 13.5. The molecule has 1 aromatic rings. The van der Waals surface area contributed by atoms with E-state index in [9.17, 15) is 9.59 Å². The molecule has 0 saturated carbocycles. The SMILES string of the molecule is CN1CCC(N(C)C2=C(c3ccc(Cl)cc3Cl)C(=O)N(CC3CCCO3)C2=O)CC1. The van der Waals surface area contributed by atoms with E-state index in [0.717, 1.165) is 38.8 Å². The number of carbonyl (C=O) groups excluding carboxylic acids is 2. The third-order valence-electron chi connectivity index (χ3n) is 6.34. The van der Waals surface area contributed by atoms with Gasteiger partial charge < -0.3 is 14.5 Å². The van der Waals surface area contributed by atoms with Gasteiger partial charge in [0.05, 0.1) is 23.2 Å². The van der Waals surface area contributed by atoms with Crippen LogP contribution in [-0.4, -0.2) is 79.0 Å². The average molecular weight is 452 g/mol. The Morgan fingerprint density at radius 1 is 1.13 bits per heavy atom. The molecule has 4 rings (SSSR count). The summed E-state index contributed by atoms with van der Waals surface area (Å²) < 4.78 is 5.69. The predicted molar refractivity (Wildman–Crippen MR) is 117 cm³/mol. The van der Waals surface area contributed by atoms with E-state index >= 15 is 0 Å². The third-order valence-corrected chi connectivity index (χ3v) is 6.89. The minimum Gasteiger partial charge on any atom is -0.376 e. The van der Waals surface area contributed by atoms with Crippen molar-refractivity contribution in [3.63, 3.8) is 0 Å². The molecule has 2 fully saturated rings. The molecule has 2 saturated heterocycles. The number of piperidine rings is 1. The number of ether oxygens (including phenoxy) is 1. The maximum atomic E-state index is 13.5. The molecule has 0 aromatic heterocycles. The van der Waals surface area contributed by atoms with Crippen molar-refractivity contribution in [2.45, 2.75) is 37.8 Å². The summed E-state index contributed by atoms with van der Waals surface area (Å²) in [4.78, 5) is 32.5. The Balaban J connectivity index is 1.71. The van der Waals surface area contributed by atoms with Gasteiger partial charge in [0.25, 0.3) is 11.8 Å². The Morgan fingerprint density at radius 2 is 1.87 bits per heavy atom. The van der Waals surface area contributed by atoms with Crippen molar-refractivity contribution in [2.24, 2.45) is 0 Å². The lowest BCUT2D eigenvalue weighted by molar-refractivity contribution is -0.139. The zero-order valence-electron chi connectivity index (χ0n) is 17.4. The largest absolute Gasteiger partial charge is 0.376 e. The van der Waals surface area contributed by atoms with Crippen LogP contribution in [0.25, 0.3) is 5.57 Å². The van der Waals surface area contributed by atoms with Crippen molar-refractivity contribution in [3.8, 4) is 0 Å². The molecule has 8 heteroatoms. The van der Waals surface area contributed by atoms with Gasteiger partial charge in [0.2, 0.25) is 0 Å². The van der Waals surface area contributed by atoms with Gasteiger partial charge in [-0.05, 0) is 58.0 Å². The van der Waals surface area contributed by atoms with E-state index < -0.39 is 0 Å². The Hall–Kier alpha value is -1.60. The average Bonchev–Trinajstić information content (AvgIpc) is 3.31. The van der Waals surface area contributed by atoms with Gasteiger partial charge in [0.1, 0.15) is 5.70 Å². The van der Waals surface area contributed by atoms with Crippen molar-refractivity contribution in [2.75, 3.05) is 40.3 Å². The summed E-state index contributed by atoms with van der Waals surface area (Å²) in [6.07, 6.45) is 3.57. The number of halogens is 2. The summed E-state index contributed by atoms with van der Waals surface area (Å²) in [7, 11) is 4.01. The highest BCUT2D eigenvalue weighted by molar-refractivity contribution is 6.41. The Kier molecular flexibility index (Phi) is 6.39. The minimum atomic E-state index is -0.311. The second kappa shape index (κ2) is 8.87. The number of imide groups is 1. The van der Waals surface area contributed by atoms with Crippen LogP contribution in [0.4, 0.5) is 0 Å². The molecule has 3 heterocycles. The van der Waals surface area contributed by atoms with Crippen molar-refractivity contribution in [3.05, 3.63) is 39.5 Å². The van der Waals surface area contributed by atoms with Gasteiger partial charge in [0.15, 0.2) is 0 Å². The fraction of sp³-hybridized carbons (Fsp3) is 0.545. The Bertz CT molecular complexity index is 874. The molecule has 2 amide bonds. The van der Waals surface area contributed by atoms with Gasteiger partial charge in [-0.3, -0.25) is 14.5 Å². The van der Waals surface area contributed by atoms with Crippen LogP contribution in [0.3, 0.4) is 0 Å². The quantitative estimate of drug-likeness (QED) is 0.642. The van der Waals surface area contributed by atoms with Crippen LogP contribution in [0.5, 0.6) is 0 Å². The summed E-state index contributed by atoms with van der Waals surface area (Å²) in [6, 6.07) is 5.22. The highest BCUT2D eigenvalue weighted by Gasteiger charge is 2.44. The predicted octanol–water partition coefficient (Wildman–Crippen LogP) is 3.28. The Morgan fingerprint density at radius 3 is 2.50 bits per heavy atom. The smallest absolute Gasteiger partial charge is 0.277 e. The number of likely N-dealkylation sites (tertiary alicyclic amines) is 1. The number of rotatable bonds is 5. The first-order chi connectivity index (χ1) is 14.4. The summed E-state index contributed by atoms with van der Waals surface area (Å²) in [5, 5.41) is 0.856. The maximum Gasteiger partial charge on any atom is 0.277 e. The van der Waals surface area contributed by atoms with Gasteiger partial charge in [-0.25, -0.2) is 0 Å². The molecule has 162 valence electrons. The molecule has 0 radical (unpaired) electrons. The summed E-state index contributed by atoms with van der Waals surface area (Å²) >= 11 is 12.5. The van der Waals surface area contributed by atoms with Crippen molar-refractivity contribution < 1.29 is 14.3 Å². The van der Waals surface area contributed by atoms with Crippen LogP contribution in [0.2, 0.25) is 10.0 Å². The topological polar surface area (TPSA) is 53.1 Å². The zero-order chi connectivity index (χ0) is 21.4. The number of hydrogen-bond acceptors (Lipinski definition) is 5. The van der Waals surface area contributed by atoms with E-state index in [1.807, 2.05) is 11.9 Å². The van der Waals surface area contributed by atoms with Gasteiger partial charge in [-0.2, -0.15) is 0 Å². The van der Waals surface area contributed by atoms with Crippen LogP contribution in [0.15, 0.2) is 23.9 Å². The van der Waals surface area contributed by atoms with E-state index in [-0.39, 0.29) is 30.5 Å². The van der Waals surface area contributed by atoms with Crippen LogP contribution in [0, 0.1) is 0 Å². The fourth-order valence-electron chi connectivity index (χ4n) is 4.55. The first-order valence-corrected chi connectivity index (χ1v) is 11.2. The van der Waals surface area contributed by atoms with E-state index in [1.165, 1.54) is 4.90 Å². The summed E-state index contributed by atoms with van der Waals surface area (Å²) in [5.41, 5.74) is 1.34. The molecule has 30 heavy (non-hydrogen) atoms. The molecule has 0 N–H and O–H groups in total. The van der Waals surface area contributed by atoms with Crippen molar-refractivity contribution in [1.82, 2.24) is 14.7 Å². The number of amides is 2. The Labute approximate surface area is 187 Å². The van der Waals surface area contributed by atoms with Crippen LogP contribution < -0.4 is 0 Å². The normalized spacial score (nSPS) is 23.7. The molecular weight excluding hydrogens is 425 g/mol. The van der Waals surface area contributed by atoms with Gasteiger partial charge >= 0.3 is 0 Å². The molecule has 3 aliphatic rings. The lowest BCUT2D eigenvalue weighted by Gasteiger charge is -2.36. The number of carbonyl (C=O) groups is 2. The number of benzene rings is 1. The van der Waals surface area contributed by atoms with E-state index in [2.05, 4.69) is 11.9 Å². The first-order valence-electron chi connectivity index (χ1n) is 10.5. The summed E-state index contributed by atoms with van der Waals surface area (Å²) in [5.74, 6) is -0.576. The first kappa shape index (κ1) is 21.6. The molecule has 1 aromatic carbocycles. The fourth-order valence-corrected chi connectivity index (χ4v) is 5.05. The molecule has 0 aliphatic carbocycles. The van der Waals surface area contributed by atoms with Gasteiger partial charge in [-0.1, -0.05) is 29.3 Å². The molecule has 6 nitrogen and oxygen atoms in total. The number of hydrogen-bond donors (Lipinski definition) is 0. The molecular formula is C22H27Cl2N3O3. The minimum absolute atomic E-state index is 0.104.